The number of rotatable bonds is 18. The van der Waals surface area contributed by atoms with E-state index >= 15 is 0 Å². The summed E-state index contributed by atoms with van der Waals surface area (Å²) in [4.78, 5) is 14.2. The molecule has 0 amide bonds. The second-order valence-electron chi connectivity index (χ2n) is 10.6. The number of anilines is 1. The summed E-state index contributed by atoms with van der Waals surface area (Å²) in [6, 6.07) is 2.01. The lowest BCUT2D eigenvalue weighted by Crippen LogP contribution is -2.59. The maximum absolute atomic E-state index is 10.00. The number of aryl methyl sites for hydroxylation is 1. The number of nitrogens with zero attached hydrogens (tertiary/aromatic N) is 4. The highest BCUT2D eigenvalue weighted by molar-refractivity contribution is 9.10. The summed E-state index contributed by atoms with van der Waals surface area (Å²) < 4.78 is 19.8. The van der Waals surface area contributed by atoms with Gasteiger partial charge in [-0.25, -0.2) is 4.98 Å². The first-order valence-electron chi connectivity index (χ1n) is 14.6. The molecule has 3 aromatic heterocycles. The zero-order valence-electron chi connectivity index (χ0n) is 23.7. The van der Waals surface area contributed by atoms with Crippen LogP contribution in [0.2, 0.25) is 0 Å². The Kier molecular flexibility index (Phi) is 13.2. The summed E-state index contributed by atoms with van der Waals surface area (Å²) in [7, 11) is 0. The predicted octanol–water partition coefficient (Wildman–Crippen LogP) is 3.53. The maximum atomic E-state index is 10.00. The summed E-state index contributed by atoms with van der Waals surface area (Å²) in [6.45, 7) is 1.14. The first kappa shape index (κ1) is 33.0. The van der Waals surface area contributed by atoms with Gasteiger partial charge in [0.15, 0.2) is 17.5 Å². The van der Waals surface area contributed by atoms with Crippen molar-refractivity contribution in [1.29, 1.82) is 0 Å². The molecule has 14 heteroatoms. The molecule has 0 radical (unpaired) electrons. The Balaban J connectivity index is 1.03. The van der Waals surface area contributed by atoms with Gasteiger partial charge in [-0.3, -0.25) is 0 Å². The molecule has 4 heterocycles. The molecule has 0 aromatic carbocycles. The fraction of sp³-hybridized carbons (Fsp3) is 0.679. The third-order valence-corrected chi connectivity index (χ3v) is 9.02. The van der Waals surface area contributed by atoms with Crippen LogP contribution >= 0.6 is 27.3 Å². The molecule has 42 heavy (non-hydrogen) atoms. The van der Waals surface area contributed by atoms with Gasteiger partial charge in [-0.1, -0.05) is 51.4 Å². The Hall–Kier alpha value is -1.91. The maximum Gasteiger partial charge on any atom is 0.247 e. The second kappa shape index (κ2) is 16.8. The minimum absolute atomic E-state index is 0.174. The molecule has 0 aliphatic carbocycles. The van der Waals surface area contributed by atoms with Crippen LogP contribution in [-0.4, -0.2) is 83.9 Å². The number of ether oxygens (including phenoxy) is 3. The number of aromatic nitrogens is 4. The summed E-state index contributed by atoms with van der Waals surface area (Å²) in [6.07, 6.45) is 6.73. The van der Waals surface area contributed by atoms with Gasteiger partial charge in [-0.15, -0.1) is 11.3 Å². The molecule has 1 aliphatic heterocycles. The number of unbranched alkanes of at least 4 members (excludes halogenated alkanes) is 9. The number of thiophene rings is 1. The Morgan fingerprint density at radius 1 is 0.952 bits per heavy atom. The van der Waals surface area contributed by atoms with E-state index in [0.29, 0.717) is 30.3 Å². The monoisotopic (exact) mass is 671 g/mol. The average Bonchev–Trinajstić information content (AvgIpc) is 3.59. The predicted molar refractivity (Wildman–Crippen MR) is 162 cm³/mol. The van der Waals surface area contributed by atoms with Gasteiger partial charge in [0.05, 0.1) is 12.9 Å². The first-order chi connectivity index (χ1) is 20.4. The molecule has 234 valence electrons. The van der Waals surface area contributed by atoms with Crippen LogP contribution in [0, 0.1) is 0 Å². The van der Waals surface area contributed by atoms with Crippen LogP contribution in [0.3, 0.4) is 0 Å². The van der Waals surface area contributed by atoms with Crippen LogP contribution in [0.15, 0.2) is 22.2 Å². The van der Waals surface area contributed by atoms with Crippen molar-refractivity contribution in [2.45, 2.75) is 108 Å². The van der Waals surface area contributed by atoms with Gasteiger partial charge in [-0.05, 0) is 34.8 Å². The van der Waals surface area contributed by atoms with E-state index in [2.05, 4.69) is 30.9 Å². The molecule has 6 N–H and O–H groups in total. The largest absolute Gasteiger partial charge is 0.470 e. The van der Waals surface area contributed by atoms with Crippen LogP contribution in [-0.2, 0) is 22.6 Å². The van der Waals surface area contributed by atoms with Gasteiger partial charge < -0.3 is 44.9 Å². The highest BCUT2D eigenvalue weighted by Gasteiger charge is 2.43. The van der Waals surface area contributed by atoms with Crippen LogP contribution in [0.4, 0.5) is 5.95 Å². The lowest BCUT2D eigenvalue weighted by molar-refractivity contribution is -0.301. The van der Waals surface area contributed by atoms with Gasteiger partial charge in [0.2, 0.25) is 11.8 Å². The number of halogens is 1. The zero-order valence-corrected chi connectivity index (χ0v) is 26.1. The van der Waals surface area contributed by atoms with Crippen molar-refractivity contribution >= 4 is 44.4 Å². The molecule has 1 fully saturated rings. The van der Waals surface area contributed by atoms with Crippen molar-refractivity contribution in [1.82, 2.24) is 19.5 Å². The average molecular weight is 673 g/mol. The SMILES string of the molecule is Nc1nc(OCc2cc(Br)cs2)c2ncn(CCCCCCCCCCCCO[C@@H]3O[C@H](CO)[C@@H](O)[C@H](O)[C@H]3O)c2n1. The van der Waals surface area contributed by atoms with Crippen LogP contribution < -0.4 is 10.5 Å². The number of aliphatic hydroxyl groups is 4. The fourth-order valence-electron chi connectivity index (χ4n) is 4.97. The Morgan fingerprint density at radius 2 is 1.64 bits per heavy atom. The van der Waals surface area contributed by atoms with Crippen LogP contribution in [0.1, 0.15) is 69.1 Å². The number of aliphatic hydroxyl groups excluding tert-OH is 4. The third-order valence-electron chi connectivity index (χ3n) is 7.35. The van der Waals surface area contributed by atoms with Gasteiger partial charge in [0.1, 0.15) is 31.0 Å². The normalized spacial score (nSPS) is 22.6. The molecule has 12 nitrogen and oxygen atoms in total. The fourth-order valence-corrected chi connectivity index (χ4v) is 6.33. The van der Waals surface area contributed by atoms with Gasteiger partial charge in [0.25, 0.3) is 0 Å². The standard InChI is InChI=1S/C28H42BrN5O7S/c29-18-13-19(42-16-18)15-40-26-21-25(32-28(30)33-26)34(17-31-21)11-9-7-5-3-1-2-4-6-8-10-12-39-27-24(38)23(37)22(36)20(14-35)41-27/h13,16-17,20,22-24,27,35-38H,1-12,14-15H2,(H2,30,32,33)/t20-,22-,23+,24-,27-/m1/s1. The molecule has 4 rings (SSSR count). The van der Waals surface area contributed by atoms with Crippen molar-refractivity contribution in [3.8, 4) is 5.88 Å². The second-order valence-corrected chi connectivity index (χ2v) is 12.5. The molecule has 0 unspecified atom stereocenters. The Bertz CT molecular complexity index is 1230. The van der Waals surface area contributed by atoms with Crippen molar-refractivity contribution < 1.29 is 34.6 Å². The van der Waals surface area contributed by atoms with E-state index in [0.717, 1.165) is 54.4 Å². The van der Waals surface area contributed by atoms with Crippen molar-refractivity contribution in [3.05, 3.63) is 27.1 Å². The molecular weight excluding hydrogens is 630 g/mol. The number of hydrogen-bond donors (Lipinski definition) is 5. The molecular formula is C28H42BrN5O7S. The molecule has 1 saturated heterocycles. The highest BCUT2D eigenvalue weighted by atomic mass is 79.9. The van der Waals surface area contributed by atoms with E-state index in [9.17, 15) is 20.4 Å². The molecule has 1 aliphatic rings. The molecule has 0 spiro atoms. The van der Waals surface area contributed by atoms with E-state index in [1.165, 1.54) is 25.7 Å². The summed E-state index contributed by atoms with van der Waals surface area (Å²) in [5.41, 5.74) is 7.28. The Labute approximate surface area is 258 Å². The van der Waals surface area contributed by atoms with Crippen molar-refractivity contribution in [2.24, 2.45) is 0 Å². The molecule has 3 aromatic rings. The van der Waals surface area contributed by atoms with Gasteiger partial charge in [0, 0.05) is 27.9 Å². The zero-order chi connectivity index (χ0) is 29.9. The van der Waals surface area contributed by atoms with E-state index in [4.69, 9.17) is 19.9 Å². The van der Waals surface area contributed by atoms with Crippen molar-refractivity contribution in [3.63, 3.8) is 0 Å². The highest BCUT2D eigenvalue weighted by Crippen LogP contribution is 2.26. The molecule has 0 bridgehead atoms. The Morgan fingerprint density at radius 3 is 2.31 bits per heavy atom. The van der Waals surface area contributed by atoms with Crippen LogP contribution in [0.5, 0.6) is 5.88 Å². The number of nitrogen functional groups attached to an aromatic ring is 1. The third kappa shape index (κ3) is 9.29. The lowest BCUT2D eigenvalue weighted by atomic mass is 9.99. The summed E-state index contributed by atoms with van der Waals surface area (Å²) in [5, 5.41) is 40.9. The topological polar surface area (TPSA) is 178 Å². The van der Waals surface area contributed by atoms with E-state index in [-0.39, 0.29) is 5.95 Å². The van der Waals surface area contributed by atoms with Gasteiger partial charge in [-0.2, -0.15) is 9.97 Å². The number of nitrogens with two attached hydrogens (primary N) is 1. The van der Waals surface area contributed by atoms with Gasteiger partial charge >= 0.3 is 0 Å². The number of imidazole rings is 1. The quantitative estimate of drug-likeness (QED) is 0.125. The lowest BCUT2D eigenvalue weighted by Gasteiger charge is -2.39. The van der Waals surface area contributed by atoms with Crippen molar-refractivity contribution in [2.75, 3.05) is 18.9 Å². The molecule has 5 atom stereocenters. The smallest absolute Gasteiger partial charge is 0.247 e. The first-order valence-corrected chi connectivity index (χ1v) is 16.3. The van der Waals surface area contributed by atoms with E-state index in [1.54, 1.807) is 17.7 Å². The van der Waals surface area contributed by atoms with E-state index < -0.39 is 37.3 Å². The van der Waals surface area contributed by atoms with Crippen LogP contribution in [0.25, 0.3) is 11.2 Å². The van der Waals surface area contributed by atoms with E-state index in [1.807, 2.05) is 16.0 Å². The summed E-state index contributed by atoms with van der Waals surface area (Å²) >= 11 is 5.06. The number of hydrogen-bond acceptors (Lipinski definition) is 12. The number of fused-ring (bicyclic) bond motifs is 1. The minimum Gasteiger partial charge on any atom is -0.470 e. The summed E-state index contributed by atoms with van der Waals surface area (Å²) in [5.74, 6) is 0.579. The minimum atomic E-state index is -1.40. The molecule has 0 saturated carbocycles.